The molecule has 0 atom stereocenters. The van der Waals surface area contributed by atoms with Crippen LogP contribution in [0.5, 0.6) is 0 Å². The van der Waals surface area contributed by atoms with Crippen LogP contribution in [0.3, 0.4) is 0 Å². The zero-order chi connectivity index (χ0) is 15.1. The van der Waals surface area contributed by atoms with Crippen LogP contribution >= 0.6 is 0 Å². The van der Waals surface area contributed by atoms with Gasteiger partial charge in [-0.2, -0.15) is 0 Å². The van der Waals surface area contributed by atoms with Gasteiger partial charge in [-0.05, 0) is 37.8 Å². The fourth-order valence-electron chi connectivity index (χ4n) is 2.23. The molecule has 1 aromatic rings. The lowest BCUT2D eigenvalue weighted by molar-refractivity contribution is -0.385. The van der Waals surface area contributed by atoms with Crippen LogP contribution in [-0.4, -0.2) is 25.4 Å². The van der Waals surface area contributed by atoms with Crippen LogP contribution in [0.25, 0.3) is 0 Å². The average molecular weight is 299 g/mol. The molecule has 2 rings (SSSR count). The molecule has 0 aliphatic heterocycles. The van der Waals surface area contributed by atoms with Crippen LogP contribution in [0.1, 0.15) is 24.0 Å². The highest BCUT2D eigenvalue weighted by molar-refractivity contribution is 7.89. The summed E-state index contributed by atoms with van der Waals surface area (Å²) in [5, 5.41) is 10.8. The maximum absolute atomic E-state index is 12.3. The molecular weight excluding hydrogens is 282 g/mol. The van der Waals surface area contributed by atoms with E-state index in [9.17, 15) is 18.5 Å². The van der Waals surface area contributed by atoms with Crippen LogP contribution in [-0.2, 0) is 10.0 Å². The third-order valence-corrected chi connectivity index (χ3v) is 5.25. The van der Waals surface area contributed by atoms with Gasteiger partial charge in [0.2, 0.25) is 10.0 Å². The fraction of sp³-hybridized carbons (Fsp3) is 0.500. The van der Waals surface area contributed by atoms with Crippen molar-refractivity contribution in [3.8, 4) is 0 Å². The quantitative estimate of drug-likeness (QED) is 0.635. The first-order chi connectivity index (χ1) is 9.20. The van der Waals surface area contributed by atoms with Crippen molar-refractivity contribution in [3.05, 3.63) is 33.4 Å². The number of aryl methyl sites for hydroxylation is 1. The summed E-state index contributed by atoms with van der Waals surface area (Å²) in [5.74, 6) is 0. The molecule has 1 aromatic carbocycles. The van der Waals surface area contributed by atoms with Crippen LogP contribution in [0.4, 0.5) is 5.69 Å². The minimum absolute atomic E-state index is 0.0237. The molecule has 0 amide bonds. The van der Waals surface area contributed by atoms with Crippen LogP contribution < -0.4 is 10.5 Å². The number of nitrogens with two attached hydrogens (primary N) is 1. The summed E-state index contributed by atoms with van der Waals surface area (Å²) in [6.07, 6.45) is 1.18. The maximum Gasteiger partial charge on any atom is 0.271 e. The van der Waals surface area contributed by atoms with Crippen molar-refractivity contribution in [2.45, 2.75) is 43.7 Å². The number of benzene rings is 1. The Balaban J connectivity index is 2.37. The van der Waals surface area contributed by atoms with Crippen molar-refractivity contribution >= 4 is 15.7 Å². The predicted octanol–water partition coefficient (Wildman–Crippen LogP) is 0.980. The van der Waals surface area contributed by atoms with Gasteiger partial charge in [-0.3, -0.25) is 10.1 Å². The van der Waals surface area contributed by atoms with E-state index >= 15 is 0 Å². The molecule has 0 aromatic heterocycles. The Labute approximate surface area is 117 Å². The van der Waals surface area contributed by atoms with E-state index in [0.29, 0.717) is 24.0 Å². The van der Waals surface area contributed by atoms with Crippen molar-refractivity contribution in [3.63, 3.8) is 0 Å². The van der Waals surface area contributed by atoms with E-state index in [1.807, 2.05) is 0 Å². The first kappa shape index (κ1) is 14.9. The second-order valence-electron chi connectivity index (χ2n) is 5.19. The first-order valence-electron chi connectivity index (χ1n) is 6.24. The van der Waals surface area contributed by atoms with Crippen LogP contribution in [0, 0.1) is 24.0 Å². The summed E-state index contributed by atoms with van der Waals surface area (Å²) in [7, 11) is -3.76. The summed E-state index contributed by atoms with van der Waals surface area (Å²) in [6.45, 7) is 3.29. The molecule has 1 aliphatic carbocycles. The average Bonchev–Trinajstić information content (AvgIpc) is 2.29. The van der Waals surface area contributed by atoms with Crippen molar-refractivity contribution in [1.29, 1.82) is 0 Å². The summed E-state index contributed by atoms with van der Waals surface area (Å²) in [4.78, 5) is 10.2. The number of rotatable bonds is 4. The van der Waals surface area contributed by atoms with E-state index in [1.165, 1.54) is 6.07 Å². The van der Waals surface area contributed by atoms with Crippen molar-refractivity contribution in [2.75, 3.05) is 0 Å². The highest BCUT2D eigenvalue weighted by Crippen LogP contribution is 2.27. The molecule has 7 nitrogen and oxygen atoms in total. The van der Waals surface area contributed by atoms with Gasteiger partial charge < -0.3 is 5.73 Å². The smallest absolute Gasteiger partial charge is 0.271 e. The van der Waals surface area contributed by atoms with Gasteiger partial charge in [0.15, 0.2) is 0 Å². The lowest BCUT2D eigenvalue weighted by Gasteiger charge is -2.32. The number of sulfonamides is 1. The Bertz CT molecular complexity index is 651. The summed E-state index contributed by atoms with van der Waals surface area (Å²) < 4.78 is 27.2. The van der Waals surface area contributed by atoms with Gasteiger partial charge in [0.25, 0.3) is 5.69 Å². The largest absolute Gasteiger partial charge is 0.328 e. The Morgan fingerprint density at radius 1 is 1.35 bits per heavy atom. The van der Waals surface area contributed by atoms with E-state index < -0.39 is 14.9 Å². The number of nitro benzene ring substituents is 1. The number of nitro groups is 1. The molecular formula is C12H17N3O4S. The summed E-state index contributed by atoms with van der Waals surface area (Å²) in [5.41, 5.74) is 6.49. The van der Waals surface area contributed by atoms with Gasteiger partial charge in [-0.15, -0.1) is 0 Å². The SMILES string of the molecule is Cc1cc([N+](=O)[O-])cc(S(=O)(=O)NC2CC(N)C2)c1C. The molecule has 0 spiro atoms. The Morgan fingerprint density at radius 2 is 1.95 bits per heavy atom. The Hall–Kier alpha value is -1.51. The molecule has 0 bridgehead atoms. The molecule has 20 heavy (non-hydrogen) atoms. The zero-order valence-corrected chi connectivity index (χ0v) is 12.1. The normalized spacial score (nSPS) is 22.4. The van der Waals surface area contributed by atoms with Gasteiger partial charge in [0.05, 0.1) is 9.82 Å². The standard InChI is InChI=1S/C12H17N3O4S/c1-7-3-11(15(16)17)6-12(8(7)2)20(18,19)14-10-4-9(13)5-10/h3,6,9-10,14H,4-5,13H2,1-2H3. The van der Waals surface area contributed by atoms with E-state index in [4.69, 9.17) is 5.73 Å². The predicted molar refractivity (Wildman–Crippen MR) is 73.9 cm³/mol. The van der Waals surface area contributed by atoms with Gasteiger partial charge >= 0.3 is 0 Å². The molecule has 0 heterocycles. The Morgan fingerprint density at radius 3 is 2.45 bits per heavy atom. The van der Waals surface area contributed by atoms with E-state index in [2.05, 4.69) is 4.72 Å². The number of hydrogen-bond acceptors (Lipinski definition) is 5. The van der Waals surface area contributed by atoms with Gasteiger partial charge in [-0.25, -0.2) is 13.1 Å². The molecule has 0 radical (unpaired) electrons. The number of nitrogens with one attached hydrogen (secondary N) is 1. The Kier molecular flexibility index (Phi) is 3.81. The third-order valence-electron chi connectivity index (χ3n) is 3.60. The van der Waals surface area contributed by atoms with Crippen molar-refractivity contribution in [2.24, 2.45) is 5.73 Å². The van der Waals surface area contributed by atoms with Crippen molar-refractivity contribution < 1.29 is 13.3 Å². The molecule has 1 aliphatic rings. The van der Waals surface area contributed by atoms with E-state index in [1.54, 1.807) is 13.8 Å². The second-order valence-corrected chi connectivity index (χ2v) is 6.88. The fourth-order valence-corrected chi connectivity index (χ4v) is 3.83. The third kappa shape index (κ3) is 2.82. The summed E-state index contributed by atoms with van der Waals surface area (Å²) >= 11 is 0. The van der Waals surface area contributed by atoms with Gasteiger partial charge in [0, 0.05) is 24.2 Å². The molecule has 110 valence electrons. The van der Waals surface area contributed by atoms with Gasteiger partial charge in [-0.1, -0.05) is 0 Å². The summed E-state index contributed by atoms with van der Waals surface area (Å²) in [6, 6.07) is 2.31. The first-order valence-corrected chi connectivity index (χ1v) is 7.72. The zero-order valence-electron chi connectivity index (χ0n) is 11.3. The topological polar surface area (TPSA) is 115 Å². The lowest BCUT2D eigenvalue weighted by atomic mass is 9.89. The van der Waals surface area contributed by atoms with E-state index in [0.717, 1.165) is 6.07 Å². The van der Waals surface area contributed by atoms with E-state index in [-0.39, 0.29) is 22.7 Å². The highest BCUT2D eigenvalue weighted by atomic mass is 32.2. The molecule has 1 fully saturated rings. The minimum Gasteiger partial charge on any atom is -0.328 e. The monoisotopic (exact) mass is 299 g/mol. The molecule has 0 unspecified atom stereocenters. The van der Waals surface area contributed by atoms with Crippen LogP contribution in [0.2, 0.25) is 0 Å². The molecule has 3 N–H and O–H groups in total. The number of non-ortho nitro benzene ring substituents is 1. The second kappa shape index (κ2) is 5.12. The lowest BCUT2D eigenvalue weighted by Crippen LogP contribution is -2.50. The maximum atomic E-state index is 12.3. The van der Waals surface area contributed by atoms with Crippen molar-refractivity contribution in [1.82, 2.24) is 4.72 Å². The van der Waals surface area contributed by atoms with Gasteiger partial charge in [0.1, 0.15) is 0 Å². The highest BCUT2D eigenvalue weighted by Gasteiger charge is 2.31. The number of hydrogen-bond donors (Lipinski definition) is 2. The molecule has 1 saturated carbocycles. The molecule has 0 saturated heterocycles. The van der Waals surface area contributed by atoms with Crippen LogP contribution in [0.15, 0.2) is 17.0 Å². The minimum atomic E-state index is -3.76. The molecule has 8 heteroatoms. The number of nitrogens with zero attached hydrogens (tertiary/aromatic N) is 1.